The van der Waals surface area contributed by atoms with Gasteiger partial charge in [0.05, 0.1) is 11.2 Å². The molecule has 224 valence electrons. The van der Waals surface area contributed by atoms with E-state index in [1.807, 2.05) is 0 Å². The van der Waals surface area contributed by atoms with Gasteiger partial charge in [-0.1, -0.05) is 30.3 Å². The molecule has 3 N–H and O–H groups in total. The molecule has 4 fully saturated rings. The Bertz CT molecular complexity index is 1400. The highest BCUT2D eigenvalue weighted by Gasteiger charge is 2.68. The highest BCUT2D eigenvalue weighted by Crippen LogP contribution is 2.51. The van der Waals surface area contributed by atoms with Gasteiger partial charge in [0.1, 0.15) is 34.9 Å². The van der Waals surface area contributed by atoms with Gasteiger partial charge >= 0.3 is 11.9 Å². The van der Waals surface area contributed by atoms with Crippen molar-refractivity contribution in [1.82, 2.24) is 15.1 Å². The molecule has 41 heavy (non-hydrogen) atoms. The van der Waals surface area contributed by atoms with Crippen molar-refractivity contribution in [2.24, 2.45) is 5.73 Å². The van der Waals surface area contributed by atoms with Gasteiger partial charge in [-0.05, 0) is 33.3 Å². The average Bonchev–Trinajstić information content (AvgIpc) is 3.22. The summed E-state index contributed by atoms with van der Waals surface area (Å²) in [6.45, 7) is 5.37. The zero-order chi connectivity index (χ0) is 29.4. The van der Waals surface area contributed by atoms with Crippen LogP contribution in [0, 0.1) is 0 Å². The number of sulfone groups is 1. The lowest BCUT2D eigenvalue weighted by Gasteiger charge is -2.44. The summed E-state index contributed by atoms with van der Waals surface area (Å²) >= 11 is 1.31. The minimum Gasteiger partial charge on any atom is -0.426 e. The number of benzene rings is 1. The molecule has 0 saturated carbocycles. The normalized spacial score (nSPS) is 30.5. The van der Waals surface area contributed by atoms with E-state index in [-0.39, 0.29) is 18.8 Å². The summed E-state index contributed by atoms with van der Waals surface area (Å²) in [5, 5.41) is 1.07. The van der Waals surface area contributed by atoms with Crippen LogP contribution in [0.15, 0.2) is 30.3 Å². The molecule has 0 radical (unpaired) electrons. The van der Waals surface area contributed by atoms with Crippen molar-refractivity contribution in [3.63, 3.8) is 0 Å². The molecular weight excluding hydrogens is 600 g/mol. The Morgan fingerprint density at radius 1 is 1.05 bits per heavy atom. The van der Waals surface area contributed by atoms with Crippen molar-refractivity contribution in [2.45, 2.75) is 78.5 Å². The Labute approximate surface area is 247 Å². The quantitative estimate of drug-likeness (QED) is 0.232. The van der Waals surface area contributed by atoms with Crippen LogP contribution < -0.4 is 11.1 Å². The number of esters is 2. The van der Waals surface area contributed by atoms with Crippen LogP contribution in [0.3, 0.4) is 0 Å². The number of halogens is 1. The highest BCUT2D eigenvalue weighted by atomic mass is 35.5. The Morgan fingerprint density at radius 2 is 1.63 bits per heavy atom. The van der Waals surface area contributed by atoms with Crippen LogP contribution in [0.5, 0.6) is 0 Å². The molecule has 6 unspecified atom stereocenters. The molecule has 5 rings (SSSR count). The van der Waals surface area contributed by atoms with E-state index in [2.05, 4.69) is 5.32 Å². The first kappa shape index (κ1) is 31.1. The molecule has 0 aliphatic carbocycles. The van der Waals surface area contributed by atoms with Gasteiger partial charge in [0.2, 0.25) is 24.5 Å². The summed E-state index contributed by atoms with van der Waals surface area (Å²) in [6, 6.07) is 4.45. The fraction of sp³-hybridized carbons (Fsp3) is 0.560. The number of amides is 3. The number of hydrogen-bond acceptors (Lipinski definition) is 11. The van der Waals surface area contributed by atoms with Gasteiger partial charge in [-0.15, -0.1) is 24.2 Å². The Morgan fingerprint density at radius 3 is 2.22 bits per heavy atom. The molecular formula is C25H31ClN4O9S2. The molecule has 1 aromatic rings. The smallest absolute Gasteiger partial charge is 0.333 e. The summed E-state index contributed by atoms with van der Waals surface area (Å²) in [5.41, 5.74) is 6.64. The molecule has 4 saturated heterocycles. The van der Waals surface area contributed by atoms with Crippen LogP contribution >= 0.6 is 24.2 Å². The topological polar surface area (TPSA) is 182 Å². The maximum Gasteiger partial charge on any atom is 0.333 e. The van der Waals surface area contributed by atoms with Crippen molar-refractivity contribution in [2.75, 3.05) is 6.79 Å². The van der Waals surface area contributed by atoms with E-state index in [1.165, 1.54) is 30.5 Å². The predicted octanol–water partition coefficient (Wildman–Crippen LogP) is -0.167. The number of ether oxygens (including phenoxy) is 2. The number of β-lactam (4-membered cyclic amide) rings is 2. The van der Waals surface area contributed by atoms with Gasteiger partial charge in [0.15, 0.2) is 9.84 Å². The predicted molar refractivity (Wildman–Crippen MR) is 148 cm³/mol. The fourth-order valence-corrected chi connectivity index (χ4v) is 9.44. The number of thioether (sulfide) groups is 1. The first-order valence-electron chi connectivity index (χ1n) is 12.6. The molecule has 4 aliphatic rings. The van der Waals surface area contributed by atoms with Crippen LogP contribution in [0.2, 0.25) is 0 Å². The number of rotatable bonds is 7. The number of carbonyl (C=O) groups is 5. The standard InChI is InChI=1S/C25H30N4O9S2.ClH/c1-24(2)17(29-20(32)16(21(29)39-24)27-19(31)15(26)12-8-6-5-7-9-12)22(33)37-11-38-23(34)18-25(3,4)40(35,36)14-10-13(30)28(14)18;/h5-9,14-18,21H,10-11,26H2,1-4H3,(H,27,31);1H. The molecule has 16 heteroatoms. The Kier molecular flexibility index (Phi) is 7.91. The zero-order valence-electron chi connectivity index (χ0n) is 22.6. The van der Waals surface area contributed by atoms with Crippen LogP contribution in [0.1, 0.15) is 45.7 Å². The summed E-state index contributed by atoms with van der Waals surface area (Å²) in [5.74, 6) is -3.32. The minimum absolute atomic E-state index is 0. The van der Waals surface area contributed by atoms with Gasteiger partial charge in [0, 0.05) is 4.75 Å². The van der Waals surface area contributed by atoms with Crippen LogP contribution in [-0.2, 0) is 43.3 Å². The maximum atomic E-state index is 13.0. The van der Waals surface area contributed by atoms with Crippen molar-refractivity contribution in [1.29, 1.82) is 0 Å². The van der Waals surface area contributed by atoms with Crippen molar-refractivity contribution in [3.8, 4) is 0 Å². The van der Waals surface area contributed by atoms with Gasteiger partial charge in [0.25, 0.3) is 0 Å². The lowest BCUT2D eigenvalue weighted by molar-refractivity contribution is -0.181. The number of nitrogens with two attached hydrogens (primary N) is 1. The van der Waals surface area contributed by atoms with E-state index in [0.29, 0.717) is 5.56 Å². The third-order valence-electron chi connectivity index (χ3n) is 8.00. The highest BCUT2D eigenvalue weighted by molar-refractivity contribution is 8.01. The maximum absolute atomic E-state index is 13.0. The summed E-state index contributed by atoms with van der Waals surface area (Å²) in [7, 11) is -3.80. The summed E-state index contributed by atoms with van der Waals surface area (Å²) in [4.78, 5) is 65.9. The van der Waals surface area contributed by atoms with E-state index < -0.39 is 90.7 Å². The molecule has 13 nitrogen and oxygen atoms in total. The number of hydrogen-bond donors (Lipinski definition) is 2. The zero-order valence-corrected chi connectivity index (χ0v) is 25.1. The Hall–Kier alpha value is -2.88. The lowest BCUT2D eigenvalue weighted by atomic mass is 9.95. The van der Waals surface area contributed by atoms with Crippen LogP contribution in [0.25, 0.3) is 0 Å². The van der Waals surface area contributed by atoms with Crippen molar-refractivity contribution < 1.29 is 41.9 Å². The third kappa shape index (κ3) is 4.66. The van der Waals surface area contributed by atoms with E-state index in [0.717, 1.165) is 4.90 Å². The molecule has 0 bridgehead atoms. The monoisotopic (exact) mass is 630 g/mol. The van der Waals surface area contributed by atoms with Gasteiger partial charge in [-0.2, -0.15) is 0 Å². The second kappa shape index (κ2) is 10.4. The molecule has 0 spiro atoms. The molecule has 4 aliphatic heterocycles. The van der Waals surface area contributed by atoms with Gasteiger partial charge in [-0.3, -0.25) is 14.4 Å². The number of carbonyl (C=O) groups excluding carboxylic acids is 5. The first-order valence-corrected chi connectivity index (χ1v) is 15.0. The molecule has 3 amide bonds. The molecule has 1 aromatic carbocycles. The number of nitrogens with zero attached hydrogens (tertiary/aromatic N) is 2. The van der Waals surface area contributed by atoms with E-state index in [1.54, 1.807) is 44.2 Å². The third-order valence-corrected chi connectivity index (χ3v) is 12.4. The van der Waals surface area contributed by atoms with E-state index in [4.69, 9.17) is 15.2 Å². The Balaban J connectivity index is 0.00000387. The SMILES string of the molecule is CC1(C)SC2C(NC(=O)C(N)c3ccccc3)C(=O)N2C1C(=O)OCOC(=O)C1N2C(=O)CC2S(=O)(=O)C1(C)C.Cl. The molecule has 6 atom stereocenters. The second-order valence-electron chi connectivity index (χ2n) is 11.2. The fourth-order valence-electron chi connectivity index (χ4n) is 5.69. The minimum atomic E-state index is -3.80. The summed E-state index contributed by atoms with van der Waals surface area (Å²) < 4.78 is 33.3. The van der Waals surface area contributed by atoms with Gasteiger partial charge in [-0.25, -0.2) is 18.0 Å². The average molecular weight is 631 g/mol. The van der Waals surface area contributed by atoms with E-state index in [9.17, 15) is 32.4 Å². The van der Waals surface area contributed by atoms with Crippen molar-refractivity contribution in [3.05, 3.63) is 35.9 Å². The number of fused-ring (bicyclic) bond motifs is 2. The molecule has 0 aromatic heterocycles. The first-order chi connectivity index (χ1) is 18.6. The lowest BCUT2D eigenvalue weighted by Crippen LogP contribution is -2.71. The van der Waals surface area contributed by atoms with E-state index >= 15 is 0 Å². The van der Waals surface area contributed by atoms with Crippen molar-refractivity contribution >= 4 is 63.7 Å². The van der Waals surface area contributed by atoms with Gasteiger partial charge < -0.3 is 30.3 Å². The van der Waals surface area contributed by atoms with Crippen LogP contribution in [-0.4, -0.2) is 93.0 Å². The van der Waals surface area contributed by atoms with Crippen LogP contribution in [0.4, 0.5) is 0 Å². The molecule has 4 heterocycles. The number of nitrogens with one attached hydrogen (secondary N) is 1. The summed E-state index contributed by atoms with van der Waals surface area (Å²) in [6.07, 6.45) is -0.191. The largest absolute Gasteiger partial charge is 0.426 e. The second-order valence-corrected chi connectivity index (χ2v) is 15.6.